The number of likely N-dealkylation sites (N-methyl/N-ethyl adjacent to an activating group) is 1. The summed E-state index contributed by atoms with van der Waals surface area (Å²) in [7, 11) is 1.75. The van der Waals surface area contributed by atoms with Crippen molar-refractivity contribution in [1.82, 2.24) is 4.90 Å². The van der Waals surface area contributed by atoms with Crippen molar-refractivity contribution in [3.63, 3.8) is 0 Å². The Kier molecular flexibility index (Phi) is 3.56. The van der Waals surface area contributed by atoms with Crippen molar-refractivity contribution in [2.75, 3.05) is 25.0 Å². The van der Waals surface area contributed by atoms with Crippen LogP contribution in [0.25, 0.3) is 0 Å². The molecule has 21 heavy (non-hydrogen) atoms. The summed E-state index contributed by atoms with van der Waals surface area (Å²) in [6.45, 7) is 4.79. The van der Waals surface area contributed by atoms with Crippen LogP contribution >= 0.6 is 0 Å². The predicted octanol–water partition coefficient (Wildman–Crippen LogP) is 1.52. The van der Waals surface area contributed by atoms with E-state index in [0.29, 0.717) is 18.8 Å². The van der Waals surface area contributed by atoms with Crippen LogP contribution < -0.4 is 4.90 Å². The van der Waals surface area contributed by atoms with E-state index < -0.39 is 10.5 Å². The molecular formula is C14H16N4O3. The molecule has 0 aromatic heterocycles. The number of nitro groups is 1. The molecule has 0 bridgehead atoms. The Bertz CT molecular complexity index is 648. The summed E-state index contributed by atoms with van der Waals surface area (Å²) >= 11 is 0. The topological polar surface area (TPSA) is 90.5 Å². The Morgan fingerprint density at radius 2 is 2.05 bits per heavy atom. The Morgan fingerprint density at radius 1 is 1.38 bits per heavy atom. The molecule has 0 radical (unpaired) electrons. The van der Waals surface area contributed by atoms with Crippen molar-refractivity contribution in [3.8, 4) is 6.07 Å². The van der Waals surface area contributed by atoms with E-state index in [2.05, 4.69) is 0 Å². The molecule has 110 valence electrons. The second-order valence-corrected chi connectivity index (χ2v) is 5.51. The first-order chi connectivity index (χ1) is 9.78. The van der Waals surface area contributed by atoms with Crippen LogP contribution in [0.3, 0.4) is 0 Å². The molecule has 1 aromatic carbocycles. The molecule has 1 aromatic rings. The van der Waals surface area contributed by atoms with Gasteiger partial charge in [-0.3, -0.25) is 14.9 Å². The van der Waals surface area contributed by atoms with Crippen molar-refractivity contribution in [2.24, 2.45) is 0 Å². The summed E-state index contributed by atoms with van der Waals surface area (Å²) < 4.78 is 0. The van der Waals surface area contributed by atoms with Gasteiger partial charge in [0.1, 0.15) is 17.2 Å². The third kappa shape index (κ3) is 2.40. The number of nitrogens with zero attached hydrogens (tertiary/aromatic N) is 4. The van der Waals surface area contributed by atoms with Crippen LogP contribution in [0.5, 0.6) is 0 Å². The fourth-order valence-corrected chi connectivity index (χ4v) is 2.61. The molecule has 7 heteroatoms. The van der Waals surface area contributed by atoms with E-state index in [1.807, 2.05) is 11.0 Å². The maximum absolute atomic E-state index is 12.3. The van der Waals surface area contributed by atoms with Crippen molar-refractivity contribution >= 4 is 17.3 Å². The molecule has 2 rings (SSSR count). The van der Waals surface area contributed by atoms with Gasteiger partial charge in [-0.1, -0.05) is 0 Å². The smallest absolute Gasteiger partial charge is 0.287 e. The molecule has 1 heterocycles. The lowest BCUT2D eigenvalue weighted by molar-refractivity contribution is -0.385. The fraction of sp³-hybridized carbons (Fsp3) is 0.429. The van der Waals surface area contributed by atoms with Crippen LogP contribution in [0.1, 0.15) is 19.4 Å². The van der Waals surface area contributed by atoms with Gasteiger partial charge in [0.2, 0.25) is 5.91 Å². The lowest BCUT2D eigenvalue weighted by atomic mass is 9.96. The summed E-state index contributed by atoms with van der Waals surface area (Å²) in [5.41, 5.74) is -0.335. The minimum absolute atomic E-state index is 0.000299. The predicted molar refractivity (Wildman–Crippen MR) is 76.9 cm³/mol. The van der Waals surface area contributed by atoms with Crippen LogP contribution in [0.2, 0.25) is 0 Å². The molecule has 0 spiro atoms. The first-order valence-electron chi connectivity index (χ1n) is 6.51. The zero-order valence-electron chi connectivity index (χ0n) is 12.2. The Labute approximate surface area is 122 Å². The molecule has 0 unspecified atom stereocenters. The van der Waals surface area contributed by atoms with Gasteiger partial charge in [0.05, 0.1) is 4.92 Å². The summed E-state index contributed by atoms with van der Waals surface area (Å²) in [4.78, 5) is 26.1. The number of carbonyl (C=O) groups is 1. The highest BCUT2D eigenvalue weighted by molar-refractivity contribution is 5.90. The van der Waals surface area contributed by atoms with Crippen molar-refractivity contribution in [3.05, 3.63) is 33.9 Å². The second-order valence-electron chi connectivity index (χ2n) is 5.51. The van der Waals surface area contributed by atoms with E-state index in [4.69, 9.17) is 5.26 Å². The maximum atomic E-state index is 12.3. The molecule has 0 N–H and O–H groups in total. The van der Waals surface area contributed by atoms with Gasteiger partial charge < -0.3 is 9.80 Å². The quantitative estimate of drug-likeness (QED) is 0.608. The van der Waals surface area contributed by atoms with Crippen molar-refractivity contribution < 1.29 is 9.72 Å². The van der Waals surface area contributed by atoms with E-state index in [1.54, 1.807) is 31.9 Å². The zero-order chi connectivity index (χ0) is 15.8. The number of rotatable bonds is 2. The number of nitriles is 1. The number of hydrogen-bond donors (Lipinski definition) is 0. The van der Waals surface area contributed by atoms with E-state index in [0.717, 1.165) is 0 Å². The largest absolute Gasteiger partial charge is 0.356 e. The number of hydrogen-bond acceptors (Lipinski definition) is 5. The van der Waals surface area contributed by atoms with Crippen molar-refractivity contribution in [1.29, 1.82) is 5.26 Å². The molecule has 1 amide bonds. The summed E-state index contributed by atoms with van der Waals surface area (Å²) in [6, 6.07) is 6.21. The van der Waals surface area contributed by atoms with Gasteiger partial charge in [-0.2, -0.15) is 5.26 Å². The normalized spacial score (nSPS) is 17.5. The minimum Gasteiger partial charge on any atom is -0.356 e. The average molecular weight is 288 g/mol. The number of carbonyl (C=O) groups excluding carboxylic acids is 1. The Balaban J connectivity index is 2.45. The van der Waals surface area contributed by atoms with Gasteiger partial charge in [-0.15, -0.1) is 0 Å². The summed E-state index contributed by atoms with van der Waals surface area (Å²) in [6.07, 6.45) is 0. The number of anilines is 1. The lowest BCUT2D eigenvalue weighted by Gasteiger charge is -2.46. The first kappa shape index (κ1) is 14.8. The van der Waals surface area contributed by atoms with Gasteiger partial charge in [0.15, 0.2) is 0 Å². The van der Waals surface area contributed by atoms with E-state index in [9.17, 15) is 14.9 Å². The Hall–Kier alpha value is -2.62. The highest BCUT2D eigenvalue weighted by atomic mass is 16.6. The number of benzene rings is 1. The van der Waals surface area contributed by atoms with Gasteiger partial charge >= 0.3 is 0 Å². The minimum atomic E-state index is -0.754. The Morgan fingerprint density at radius 3 is 2.62 bits per heavy atom. The second kappa shape index (κ2) is 5.05. The monoisotopic (exact) mass is 288 g/mol. The van der Waals surface area contributed by atoms with E-state index in [1.165, 1.54) is 12.1 Å². The van der Waals surface area contributed by atoms with Crippen LogP contribution in [0, 0.1) is 21.4 Å². The van der Waals surface area contributed by atoms with E-state index in [-0.39, 0.29) is 17.2 Å². The standard InChI is InChI=1S/C14H16N4O3/c1-14(2)13(19)16(3)6-7-17(14)11-4-5-12(18(20)21)10(8-11)9-15/h4-5,8H,6-7H2,1-3H3. The molecule has 1 aliphatic rings. The molecule has 1 fully saturated rings. The molecule has 0 atom stereocenters. The van der Waals surface area contributed by atoms with Crippen LogP contribution in [-0.4, -0.2) is 41.4 Å². The first-order valence-corrected chi connectivity index (χ1v) is 6.51. The van der Waals surface area contributed by atoms with Crippen LogP contribution in [0.4, 0.5) is 11.4 Å². The SMILES string of the molecule is CN1CCN(c2ccc([N+](=O)[O-])c(C#N)c2)C(C)(C)C1=O. The molecule has 1 aliphatic heterocycles. The van der Waals surface area contributed by atoms with Gasteiger partial charge in [0, 0.05) is 31.9 Å². The van der Waals surface area contributed by atoms with Gasteiger partial charge in [-0.25, -0.2) is 0 Å². The number of amides is 1. The summed E-state index contributed by atoms with van der Waals surface area (Å²) in [5.74, 6) is -0.0226. The summed E-state index contributed by atoms with van der Waals surface area (Å²) in [5, 5.41) is 19.9. The number of piperazine rings is 1. The molecule has 0 aliphatic carbocycles. The fourth-order valence-electron chi connectivity index (χ4n) is 2.61. The third-order valence-electron chi connectivity index (χ3n) is 3.81. The zero-order valence-corrected chi connectivity index (χ0v) is 12.2. The molecule has 0 saturated carbocycles. The highest BCUT2D eigenvalue weighted by Crippen LogP contribution is 2.31. The lowest BCUT2D eigenvalue weighted by Crippen LogP contribution is -2.62. The van der Waals surface area contributed by atoms with E-state index >= 15 is 0 Å². The molecule has 7 nitrogen and oxygen atoms in total. The maximum Gasteiger partial charge on any atom is 0.287 e. The number of nitro benzene ring substituents is 1. The van der Waals surface area contributed by atoms with Gasteiger partial charge in [-0.05, 0) is 26.0 Å². The van der Waals surface area contributed by atoms with Crippen molar-refractivity contribution in [2.45, 2.75) is 19.4 Å². The molecule has 1 saturated heterocycles. The third-order valence-corrected chi connectivity index (χ3v) is 3.81. The van der Waals surface area contributed by atoms with Gasteiger partial charge in [0.25, 0.3) is 5.69 Å². The highest BCUT2D eigenvalue weighted by Gasteiger charge is 2.40. The molecular weight excluding hydrogens is 272 g/mol. The van der Waals surface area contributed by atoms with Crippen LogP contribution in [-0.2, 0) is 4.79 Å². The average Bonchev–Trinajstić information content (AvgIpc) is 2.44. The van der Waals surface area contributed by atoms with Crippen LogP contribution in [0.15, 0.2) is 18.2 Å².